The number of halogens is 1. The van der Waals surface area contributed by atoms with E-state index in [2.05, 4.69) is 26.6 Å². The van der Waals surface area contributed by atoms with Crippen molar-refractivity contribution in [1.82, 2.24) is 5.32 Å². The minimum absolute atomic E-state index is 0.0826. The maximum atomic E-state index is 12.1. The fraction of sp³-hybridized carbons (Fsp3) is 0.385. The van der Waals surface area contributed by atoms with E-state index in [4.69, 9.17) is 5.11 Å². The van der Waals surface area contributed by atoms with E-state index in [1.807, 2.05) is 6.92 Å². The highest BCUT2D eigenvalue weighted by molar-refractivity contribution is 9.10. The van der Waals surface area contributed by atoms with Crippen molar-refractivity contribution >= 4 is 33.5 Å². The molecule has 2 rings (SSSR count). The van der Waals surface area contributed by atoms with Gasteiger partial charge in [-0.2, -0.15) is 0 Å². The second-order valence-electron chi connectivity index (χ2n) is 4.63. The van der Waals surface area contributed by atoms with Crippen molar-refractivity contribution in [2.24, 2.45) is 5.92 Å². The van der Waals surface area contributed by atoms with Crippen molar-refractivity contribution in [1.29, 1.82) is 0 Å². The molecule has 1 fully saturated rings. The lowest BCUT2D eigenvalue weighted by molar-refractivity contribution is -0.120. The molecule has 0 bridgehead atoms. The molecule has 1 amide bonds. The van der Waals surface area contributed by atoms with Gasteiger partial charge >= 0.3 is 5.97 Å². The standard InChI is InChI=1S/C13H15BrN2O3/c1-7-9(4-5-15-7)12(17)16-11-6-8(13(18)19)2-3-10(11)14/h2-3,6-7,9,15H,4-5H2,1H3,(H,16,17)(H,18,19). The van der Waals surface area contributed by atoms with Crippen LogP contribution in [0.1, 0.15) is 23.7 Å². The Hall–Kier alpha value is -1.40. The molecule has 1 aromatic rings. The number of benzene rings is 1. The van der Waals surface area contributed by atoms with Crippen LogP contribution in [-0.2, 0) is 4.79 Å². The molecule has 5 nitrogen and oxygen atoms in total. The summed E-state index contributed by atoms with van der Waals surface area (Å²) in [4.78, 5) is 23.1. The SMILES string of the molecule is CC1NCCC1C(=O)Nc1cc(C(=O)O)ccc1Br. The predicted octanol–water partition coefficient (Wildman–Crippen LogP) is 2.08. The Kier molecular flexibility index (Phi) is 4.21. The van der Waals surface area contributed by atoms with E-state index in [9.17, 15) is 9.59 Å². The molecule has 1 aliphatic rings. The van der Waals surface area contributed by atoms with Gasteiger partial charge in [0.2, 0.25) is 5.91 Å². The second kappa shape index (κ2) is 5.71. The van der Waals surface area contributed by atoms with E-state index in [1.54, 1.807) is 6.07 Å². The highest BCUT2D eigenvalue weighted by Gasteiger charge is 2.29. The molecule has 1 aromatic carbocycles. The van der Waals surface area contributed by atoms with E-state index in [0.29, 0.717) is 10.2 Å². The molecule has 102 valence electrons. The van der Waals surface area contributed by atoms with Gasteiger partial charge in [-0.25, -0.2) is 4.79 Å². The summed E-state index contributed by atoms with van der Waals surface area (Å²) in [6, 6.07) is 4.70. The van der Waals surface area contributed by atoms with Crippen LogP contribution in [0, 0.1) is 5.92 Å². The number of carboxylic acids is 1. The molecule has 3 N–H and O–H groups in total. The Morgan fingerprint density at radius 2 is 2.21 bits per heavy atom. The molecule has 1 aliphatic heterocycles. The highest BCUT2D eigenvalue weighted by Crippen LogP contribution is 2.25. The van der Waals surface area contributed by atoms with Gasteiger partial charge in [0.15, 0.2) is 0 Å². The van der Waals surface area contributed by atoms with Gasteiger partial charge in [-0.05, 0) is 54.0 Å². The molecule has 6 heteroatoms. The van der Waals surface area contributed by atoms with Crippen LogP contribution in [0.3, 0.4) is 0 Å². The summed E-state index contributed by atoms with van der Waals surface area (Å²) in [7, 11) is 0. The first kappa shape index (κ1) is 14.0. The maximum absolute atomic E-state index is 12.1. The molecule has 0 aromatic heterocycles. The number of hydrogen-bond donors (Lipinski definition) is 3. The first-order chi connectivity index (χ1) is 8.99. The lowest BCUT2D eigenvalue weighted by atomic mass is 10.0. The van der Waals surface area contributed by atoms with Crippen LogP contribution < -0.4 is 10.6 Å². The molecule has 0 aliphatic carbocycles. The molecule has 2 unspecified atom stereocenters. The Balaban J connectivity index is 2.16. The van der Waals surface area contributed by atoms with Crippen molar-refractivity contribution in [3.8, 4) is 0 Å². The van der Waals surface area contributed by atoms with Crippen LogP contribution in [-0.4, -0.2) is 29.6 Å². The number of nitrogens with one attached hydrogen (secondary N) is 2. The van der Waals surface area contributed by atoms with Crippen molar-refractivity contribution in [3.05, 3.63) is 28.2 Å². The van der Waals surface area contributed by atoms with E-state index >= 15 is 0 Å². The third-order valence-corrected chi connectivity index (χ3v) is 4.02. The maximum Gasteiger partial charge on any atom is 0.335 e. The molecule has 0 saturated carbocycles. The number of amides is 1. The van der Waals surface area contributed by atoms with Gasteiger partial charge in [-0.3, -0.25) is 4.79 Å². The topological polar surface area (TPSA) is 78.4 Å². The van der Waals surface area contributed by atoms with E-state index in [0.717, 1.165) is 13.0 Å². The molecular formula is C13H15BrN2O3. The van der Waals surface area contributed by atoms with E-state index in [-0.39, 0.29) is 23.4 Å². The normalized spacial score (nSPS) is 22.2. The van der Waals surface area contributed by atoms with Gasteiger partial charge in [-0.15, -0.1) is 0 Å². The summed E-state index contributed by atoms with van der Waals surface area (Å²) in [6.45, 7) is 2.80. The lowest BCUT2D eigenvalue weighted by Crippen LogP contribution is -2.32. The molecule has 19 heavy (non-hydrogen) atoms. The van der Waals surface area contributed by atoms with Crippen molar-refractivity contribution < 1.29 is 14.7 Å². The Bertz CT molecular complexity index is 519. The van der Waals surface area contributed by atoms with Gasteiger partial charge in [0.1, 0.15) is 0 Å². The van der Waals surface area contributed by atoms with Crippen LogP contribution in [0.2, 0.25) is 0 Å². The lowest BCUT2D eigenvalue weighted by Gasteiger charge is -2.16. The minimum atomic E-state index is -1.01. The third-order valence-electron chi connectivity index (χ3n) is 3.33. The van der Waals surface area contributed by atoms with Crippen molar-refractivity contribution in [3.63, 3.8) is 0 Å². The summed E-state index contributed by atoms with van der Waals surface area (Å²) in [5, 5.41) is 15.0. The fourth-order valence-corrected chi connectivity index (χ4v) is 2.54. The summed E-state index contributed by atoms with van der Waals surface area (Å²) in [5.74, 6) is -1.18. The monoisotopic (exact) mass is 326 g/mol. The summed E-state index contributed by atoms with van der Waals surface area (Å²) in [6.07, 6.45) is 0.795. The Morgan fingerprint density at radius 3 is 2.79 bits per heavy atom. The number of carbonyl (C=O) groups is 2. The predicted molar refractivity (Wildman–Crippen MR) is 75.3 cm³/mol. The number of hydrogen-bond acceptors (Lipinski definition) is 3. The summed E-state index contributed by atoms with van der Waals surface area (Å²) in [5.41, 5.74) is 0.639. The smallest absolute Gasteiger partial charge is 0.335 e. The van der Waals surface area contributed by atoms with E-state index in [1.165, 1.54) is 12.1 Å². The summed E-state index contributed by atoms with van der Waals surface area (Å²) >= 11 is 3.31. The van der Waals surface area contributed by atoms with Gasteiger partial charge in [-0.1, -0.05) is 0 Å². The molecule has 0 radical (unpaired) electrons. The highest BCUT2D eigenvalue weighted by atomic mass is 79.9. The van der Waals surface area contributed by atoms with Gasteiger partial charge in [0, 0.05) is 10.5 Å². The van der Waals surface area contributed by atoms with Crippen LogP contribution in [0.25, 0.3) is 0 Å². The second-order valence-corrected chi connectivity index (χ2v) is 5.48. The van der Waals surface area contributed by atoms with Gasteiger partial charge in [0.05, 0.1) is 17.2 Å². The Labute approximate surface area is 119 Å². The average molecular weight is 327 g/mol. The van der Waals surface area contributed by atoms with E-state index < -0.39 is 5.97 Å². The number of anilines is 1. The third kappa shape index (κ3) is 3.13. The zero-order valence-corrected chi connectivity index (χ0v) is 12.0. The van der Waals surface area contributed by atoms with Crippen molar-refractivity contribution in [2.75, 3.05) is 11.9 Å². The minimum Gasteiger partial charge on any atom is -0.478 e. The van der Waals surface area contributed by atoms with Crippen LogP contribution in [0.4, 0.5) is 5.69 Å². The van der Waals surface area contributed by atoms with Crippen LogP contribution in [0.15, 0.2) is 22.7 Å². The quantitative estimate of drug-likeness (QED) is 0.794. The number of rotatable bonds is 3. The molecule has 2 atom stereocenters. The first-order valence-electron chi connectivity index (χ1n) is 6.06. The molecule has 0 spiro atoms. The average Bonchev–Trinajstić information content (AvgIpc) is 2.78. The Morgan fingerprint density at radius 1 is 1.47 bits per heavy atom. The molecule has 1 heterocycles. The number of carboxylic acid groups (broad SMARTS) is 1. The fourth-order valence-electron chi connectivity index (χ4n) is 2.20. The van der Waals surface area contributed by atoms with Gasteiger partial charge < -0.3 is 15.7 Å². The molecular weight excluding hydrogens is 312 g/mol. The van der Waals surface area contributed by atoms with Gasteiger partial charge in [0.25, 0.3) is 0 Å². The summed E-state index contributed by atoms with van der Waals surface area (Å²) < 4.78 is 0.671. The zero-order valence-electron chi connectivity index (χ0n) is 10.4. The zero-order chi connectivity index (χ0) is 14.0. The number of carbonyl (C=O) groups excluding carboxylic acids is 1. The largest absolute Gasteiger partial charge is 0.478 e. The molecule has 1 saturated heterocycles. The van der Waals surface area contributed by atoms with Crippen molar-refractivity contribution in [2.45, 2.75) is 19.4 Å². The van der Waals surface area contributed by atoms with Crippen LogP contribution in [0.5, 0.6) is 0 Å². The first-order valence-corrected chi connectivity index (χ1v) is 6.85. The van der Waals surface area contributed by atoms with Crippen LogP contribution >= 0.6 is 15.9 Å². The number of aromatic carboxylic acids is 1.